The number of benzene rings is 1. The van der Waals surface area contributed by atoms with Gasteiger partial charge in [-0.25, -0.2) is 4.79 Å². The van der Waals surface area contributed by atoms with E-state index in [1.54, 1.807) is 0 Å². The fourth-order valence-corrected chi connectivity index (χ4v) is 1.25. The molecule has 4 heteroatoms. The standard InChI is InChI=1S/C10H10N2O2.C2H6/c1-2-7-3-5-8(6-4-7)9-11-10(13)14-12-9;1-2/h3-6H,2H2,1H3,(H,11,12,13);1-2H3. The number of aryl methyl sites for hydroxylation is 1. The van der Waals surface area contributed by atoms with Crippen LogP contribution in [0.2, 0.25) is 0 Å². The van der Waals surface area contributed by atoms with Crippen molar-refractivity contribution >= 4 is 0 Å². The number of H-pyrrole nitrogens is 1. The van der Waals surface area contributed by atoms with Gasteiger partial charge in [0.25, 0.3) is 0 Å². The number of hydrogen-bond donors (Lipinski definition) is 1. The van der Waals surface area contributed by atoms with E-state index in [2.05, 4.69) is 21.6 Å². The molecule has 2 rings (SSSR count). The maximum atomic E-state index is 10.7. The first-order valence-electron chi connectivity index (χ1n) is 5.45. The van der Waals surface area contributed by atoms with Gasteiger partial charge in [0.15, 0.2) is 5.82 Å². The van der Waals surface area contributed by atoms with Crippen LogP contribution in [-0.2, 0) is 6.42 Å². The Morgan fingerprint density at radius 3 is 2.31 bits per heavy atom. The third kappa shape index (κ3) is 2.82. The summed E-state index contributed by atoms with van der Waals surface area (Å²) in [5, 5.41) is 3.60. The van der Waals surface area contributed by atoms with Gasteiger partial charge in [0.2, 0.25) is 0 Å². The highest BCUT2D eigenvalue weighted by Gasteiger charge is 2.02. The van der Waals surface area contributed by atoms with Crippen LogP contribution in [0.1, 0.15) is 26.3 Å². The minimum absolute atomic E-state index is 0.470. The van der Waals surface area contributed by atoms with Gasteiger partial charge >= 0.3 is 5.76 Å². The molecular formula is C12H16N2O2. The molecule has 1 aromatic heterocycles. The Hall–Kier alpha value is -1.84. The molecule has 0 aliphatic rings. The molecule has 2 aromatic rings. The zero-order chi connectivity index (χ0) is 12.0. The summed E-state index contributed by atoms with van der Waals surface area (Å²) in [6, 6.07) is 7.82. The predicted molar refractivity (Wildman–Crippen MR) is 63.3 cm³/mol. The van der Waals surface area contributed by atoms with Gasteiger partial charge in [-0.1, -0.05) is 50.2 Å². The summed E-state index contributed by atoms with van der Waals surface area (Å²) in [7, 11) is 0. The van der Waals surface area contributed by atoms with E-state index in [4.69, 9.17) is 0 Å². The minimum atomic E-state index is -0.528. The minimum Gasteiger partial charge on any atom is -0.296 e. The fraction of sp³-hybridized carbons (Fsp3) is 0.333. The van der Waals surface area contributed by atoms with Crippen LogP contribution in [0.5, 0.6) is 0 Å². The van der Waals surface area contributed by atoms with Crippen molar-refractivity contribution in [2.75, 3.05) is 0 Å². The molecule has 0 spiro atoms. The molecule has 1 aromatic carbocycles. The van der Waals surface area contributed by atoms with Gasteiger partial charge in [0, 0.05) is 5.56 Å². The Morgan fingerprint density at radius 1 is 1.25 bits per heavy atom. The summed E-state index contributed by atoms with van der Waals surface area (Å²) in [4.78, 5) is 13.2. The Bertz CT molecular complexity index is 468. The first-order chi connectivity index (χ1) is 7.79. The van der Waals surface area contributed by atoms with Crippen molar-refractivity contribution in [3.8, 4) is 11.4 Å². The second-order valence-electron chi connectivity index (χ2n) is 2.99. The number of hydrogen-bond acceptors (Lipinski definition) is 3. The Kier molecular flexibility index (Phi) is 4.51. The molecule has 16 heavy (non-hydrogen) atoms. The van der Waals surface area contributed by atoms with E-state index in [-0.39, 0.29) is 0 Å². The van der Waals surface area contributed by atoms with Crippen LogP contribution in [0.15, 0.2) is 33.6 Å². The second kappa shape index (κ2) is 5.90. The Balaban J connectivity index is 0.000000606. The van der Waals surface area contributed by atoms with Crippen molar-refractivity contribution in [2.45, 2.75) is 27.2 Å². The lowest BCUT2D eigenvalue weighted by Gasteiger charge is -1.97. The number of rotatable bonds is 2. The quantitative estimate of drug-likeness (QED) is 0.846. The highest BCUT2D eigenvalue weighted by molar-refractivity contribution is 5.54. The molecule has 0 unspecified atom stereocenters. The smallest absolute Gasteiger partial charge is 0.296 e. The van der Waals surface area contributed by atoms with E-state index in [1.165, 1.54) is 5.56 Å². The monoisotopic (exact) mass is 220 g/mol. The van der Waals surface area contributed by atoms with E-state index >= 15 is 0 Å². The summed E-state index contributed by atoms with van der Waals surface area (Å²) >= 11 is 0. The summed E-state index contributed by atoms with van der Waals surface area (Å²) < 4.78 is 4.41. The molecule has 0 bridgehead atoms. The lowest BCUT2D eigenvalue weighted by molar-refractivity contribution is 0.388. The van der Waals surface area contributed by atoms with Crippen LogP contribution in [0, 0.1) is 0 Å². The molecule has 0 saturated heterocycles. The fourth-order valence-electron chi connectivity index (χ4n) is 1.25. The first-order valence-corrected chi connectivity index (χ1v) is 5.45. The molecule has 1 N–H and O–H groups in total. The average Bonchev–Trinajstić information content (AvgIpc) is 2.79. The van der Waals surface area contributed by atoms with Gasteiger partial charge in [0.05, 0.1) is 0 Å². The molecule has 0 aliphatic heterocycles. The van der Waals surface area contributed by atoms with E-state index in [9.17, 15) is 4.79 Å². The third-order valence-electron chi connectivity index (χ3n) is 2.08. The Morgan fingerprint density at radius 2 is 1.88 bits per heavy atom. The van der Waals surface area contributed by atoms with Gasteiger partial charge in [-0.3, -0.25) is 9.51 Å². The second-order valence-corrected chi connectivity index (χ2v) is 2.99. The van der Waals surface area contributed by atoms with E-state index in [0.717, 1.165) is 12.0 Å². The van der Waals surface area contributed by atoms with Crippen LogP contribution in [-0.4, -0.2) is 10.1 Å². The van der Waals surface area contributed by atoms with Crippen LogP contribution >= 0.6 is 0 Å². The lowest BCUT2D eigenvalue weighted by atomic mass is 10.1. The molecular weight excluding hydrogens is 204 g/mol. The van der Waals surface area contributed by atoms with Gasteiger partial charge in [-0.05, 0) is 12.0 Å². The normalized spacial score (nSPS) is 9.44. The van der Waals surface area contributed by atoms with Crippen molar-refractivity contribution in [1.82, 2.24) is 10.1 Å². The van der Waals surface area contributed by atoms with E-state index < -0.39 is 5.76 Å². The summed E-state index contributed by atoms with van der Waals surface area (Å²) in [6.07, 6.45) is 0.996. The van der Waals surface area contributed by atoms with Gasteiger partial charge < -0.3 is 0 Å². The van der Waals surface area contributed by atoms with Gasteiger partial charge in [0.1, 0.15) is 0 Å². The molecule has 0 aliphatic carbocycles. The van der Waals surface area contributed by atoms with Gasteiger partial charge in [-0.15, -0.1) is 0 Å². The van der Waals surface area contributed by atoms with Crippen LogP contribution in [0.25, 0.3) is 11.4 Å². The van der Waals surface area contributed by atoms with Crippen molar-refractivity contribution in [3.05, 3.63) is 40.4 Å². The molecule has 0 saturated carbocycles. The number of aromatic amines is 1. The number of aromatic nitrogens is 2. The molecule has 0 fully saturated rings. The van der Waals surface area contributed by atoms with Crippen LogP contribution in [0.4, 0.5) is 0 Å². The average molecular weight is 220 g/mol. The van der Waals surface area contributed by atoms with E-state index in [1.807, 2.05) is 38.1 Å². The maximum Gasteiger partial charge on any atom is 0.439 e. The van der Waals surface area contributed by atoms with Crippen LogP contribution in [0.3, 0.4) is 0 Å². The number of nitrogens with zero attached hydrogens (tertiary/aromatic N) is 1. The molecule has 0 radical (unpaired) electrons. The molecule has 0 amide bonds. The molecule has 4 nitrogen and oxygen atoms in total. The SMILES string of the molecule is CC.CCc1ccc(-c2noc(=O)[nH]2)cc1. The molecule has 86 valence electrons. The zero-order valence-electron chi connectivity index (χ0n) is 9.78. The van der Waals surface area contributed by atoms with Crippen LogP contribution < -0.4 is 5.76 Å². The van der Waals surface area contributed by atoms with Crippen molar-refractivity contribution in [1.29, 1.82) is 0 Å². The zero-order valence-corrected chi connectivity index (χ0v) is 9.78. The van der Waals surface area contributed by atoms with Gasteiger partial charge in [-0.2, -0.15) is 0 Å². The molecule has 1 heterocycles. The topological polar surface area (TPSA) is 58.9 Å². The lowest BCUT2D eigenvalue weighted by Crippen LogP contribution is -1.94. The third-order valence-corrected chi connectivity index (χ3v) is 2.08. The van der Waals surface area contributed by atoms with Crippen molar-refractivity contribution in [2.24, 2.45) is 0 Å². The largest absolute Gasteiger partial charge is 0.439 e. The summed E-state index contributed by atoms with van der Waals surface area (Å²) in [5.74, 6) is -0.0581. The van der Waals surface area contributed by atoms with Crippen molar-refractivity contribution in [3.63, 3.8) is 0 Å². The molecule has 0 atom stereocenters. The highest BCUT2D eigenvalue weighted by atomic mass is 16.5. The van der Waals surface area contributed by atoms with Crippen molar-refractivity contribution < 1.29 is 4.52 Å². The summed E-state index contributed by atoms with van der Waals surface area (Å²) in [5.41, 5.74) is 2.10. The Labute approximate surface area is 94.3 Å². The highest BCUT2D eigenvalue weighted by Crippen LogP contribution is 2.14. The van der Waals surface area contributed by atoms with E-state index in [0.29, 0.717) is 5.82 Å². The predicted octanol–water partition coefficient (Wildman–Crippen LogP) is 2.62. The number of nitrogens with one attached hydrogen (secondary N) is 1. The summed E-state index contributed by atoms with van der Waals surface area (Å²) in [6.45, 7) is 6.09. The maximum absolute atomic E-state index is 10.7. The first kappa shape index (κ1) is 12.2.